The van der Waals surface area contributed by atoms with E-state index in [1.54, 1.807) is 6.92 Å². The van der Waals surface area contributed by atoms with E-state index in [0.29, 0.717) is 17.8 Å². The van der Waals surface area contributed by atoms with E-state index in [-0.39, 0.29) is 11.8 Å². The molecule has 6 heteroatoms. The molecular weight excluding hydrogens is 261 g/mol. The Morgan fingerprint density at radius 1 is 1.50 bits per heavy atom. The smallest absolute Gasteiger partial charge is 0.246 e. The molecule has 2 rings (SSSR count). The van der Waals surface area contributed by atoms with E-state index < -0.39 is 17.9 Å². The third kappa shape index (κ3) is 2.96. The van der Waals surface area contributed by atoms with Crippen LogP contribution in [0, 0.1) is 5.82 Å². The van der Waals surface area contributed by atoms with Gasteiger partial charge >= 0.3 is 0 Å². The minimum atomic E-state index is -0.705. The topological polar surface area (TPSA) is 70.2 Å². The maximum atomic E-state index is 13.3. The molecule has 1 aromatic carbocycles. The molecule has 2 amide bonds. The molecule has 1 aliphatic heterocycles. The van der Waals surface area contributed by atoms with E-state index in [2.05, 4.69) is 16.0 Å². The zero-order chi connectivity index (χ0) is 14.7. The Labute approximate surface area is 116 Å². The average molecular weight is 279 g/mol. The van der Waals surface area contributed by atoms with E-state index in [0.717, 1.165) is 6.42 Å². The van der Waals surface area contributed by atoms with Crippen LogP contribution in [0.2, 0.25) is 0 Å². The first-order chi connectivity index (χ1) is 9.52. The van der Waals surface area contributed by atoms with Gasteiger partial charge in [0.1, 0.15) is 11.9 Å². The fraction of sp³-hybridized carbons (Fsp3) is 0.429. The highest BCUT2D eigenvalue weighted by atomic mass is 19.1. The first-order valence-electron chi connectivity index (χ1n) is 6.67. The Hall–Kier alpha value is -1.95. The fourth-order valence-electron chi connectivity index (χ4n) is 2.12. The fourth-order valence-corrected chi connectivity index (χ4v) is 2.12. The van der Waals surface area contributed by atoms with Crippen molar-refractivity contribution in [3.05, 3.63) is 29.6 Å². The number of hydrogen-bond acceptors (Lipinski definition) is 3. The highest BCUT2D eigenvalue weighted by Crippen LogP contribution is 2.31. The molecule has 108 valence electrons. The number of rotatable bonds is 5. The summed E-state index contributed by atoms with van der Waals surface area (Å²) in [5, 5.41) is 8.34. The SMILES string of the molecule is CCCNC(=O)C(C)NC1C(=O)Nc2ccc(F)cc21. The molecule has 2 atom stereocenters. The van der Waals surface area contributed by atoms with Crippen molar-refractivity contribution in [3.8, 4) is 0 Å². The van der Waals surface area contributed by atoms with Crippen LogP contribution in [0.4, 0.5) is 10.1 Å². The van der Waals surface area contributed by atoms with Crippen LogP contribution in [-0.4, -0.2) is 24.4 Å². The molecule has 2 unspecified atom stereocenters. The van der Waals surface area contributed by atoms with Crippen LogP contribution in [0.5, 0.6) is 0 Å². The quantitative estimate of drug-likeness (QED) is 0.761. The number of halogens is 1. The van der Waals surface area contributed by atoms with Gasteiger partial charge in [-0.15, -0.1) is 0 Å². The first kappa shape index (κ1) is 14.5. The van der Waals surface area contributed by atoms with Crippen LogP contribution < -0.4 is 16.0 Å². The second kappa shape index (κ2) is 6.00. The summed E-state index contributed by atoms with van der Waals surface area (Å²) in [6.07, 6.45) is 0.844. The summed E-state index contributed by atoms with van der Waals surface area (Å²) in [5.41, 5.74) is 1.11. The number of carbonyl (C=O) groups excluding carboxylic acids is 2. The molecule has 1 heterocycles. The summed E-state index contributed by atoms with van der Waals surface area (Å²) in [7, 11) is 0. The van der Waals surface area contributed by atoms with Crippen LogP contribution >= 0.6 is 0 Å². The number of benzene rings is 1. The third-order valence-corrected chi connectivity index (χ3v) is 3.20. The summed E-state index contributed by atoms with van der Waals surface area (Å²) in [6.45, 7) is 4.23. The molecule has 20 heavy (non-hydrogen) atoms. The molecule has 3 N–H and O–H groups in total. The molecule has 0 radical (unpaired) electrons. The van der Waals surface area contributed by atoms with E-state index >= 15 is 0 Å². The minimum absolute atomic E-state index is 0.176. The number of anilines is 1. The van der Waals surface area contributed by atoms with Crippen LogP contribution in [-0.2, 0) is 9.59 Å². The van der Waals surface area contributed by atoms with E-state index in [1.807, 2.05) is 6.92 Å². The Morgan fingerprint density at radius 2 is 2.25 bits per heavy atom. The van der Waals surface area contributed by atoms with Gasteiger partial charge in [0.25, 0.3) is 0 Å². The molecule has 1 aliphatic rings. The van der Waals surface area contributed by atoms with Crippen molar-refractivity contribution in [1.82, 2.24) is 10.6 Å². The van der Waals surface area contributed by atoms with Gasteiger partial charge in [-0.25, -0.2) is 4.39 Å². The molecule has 0 bridgehead atoms. The summed E-state index contributed by atoms with van der Waals surface area (Å²) in [5.74, 6) is -0.861. The van der Waals surface area contributed by atoms with Gasteiger partial charge < -0.3 is 10.6 Å². The molecule has 0 saturated carbocycles. The molecular formula is C14H18FN3O2. The van der Waals surface area contributed by atoms with Crippen molar-refractivity contribution in [2.45, 2.75) is 32.4 Å². The Kier molecular flexibility index (Phi) is 4.34. The zero-order valence-electron chi connectivity index (χ0n) is 11.5. The summed E-state index contributed by atoms with van der Waals surface area (Å²) in [4.78, 5) is 23.7. The van der Waals surface area contributed by atoms with Crippen LogP contribution in [0.3, 0.4) is 0 Å². The minimum Gasteiger partial charge on any atom is -0.355 e. The summed E-state index contributed by atoms with van der Waals surface area (Å²) < 4.78 is 13.3. The van der Waals surface area contributed by atoms with Crippen molar-refractivity contribution in [2.24, 2.45) is 0 Å². The lowest BCUT2D eigenvalue weighted by atomic mass is 10.1. The summed E-state index contributed by atoms with van der Waals surface area (Å²) >= 11 is 0. The Morgan fingerprint density at radius 3 is 2.95 bits per heavy atom. The maximum Gasteiger partial charge on any atom is 0.246 e. The van der Waals surface area contributed by atoms with E-state index in [9.17, 15) is 14.0 Å². The van der Waals surface area contributed by atoms with Crippen molar-refractivity contribution in [2.75, 3.05) is 11.9 Å². The lowest BCUT2D eigenvalue weighted by Crippen LogP contribution is -2.45. The Balaban J connectivity index is 2.08. The molecule has 0 aliphatic carbocycles. The highest BCUT2D eigenvalue weighted by Gasteiger charge is 2.32. The zero-order valence-corrected chi connectivity index (χ0v) is 11.5. The average Bonchev–Trinajstić information content (AvgIpc) is 2.72. The van der Waals surface area contributed by atoms with Crippen LogP contribution in [0.1, 0.15) is 31.9 Å². The largest absolute Gasteiger partial charge is 0.355 e. The second-order valence-corrected chi connectivity index (χ2v) is 4.83. The van der Waals surface area contributed by atoms with Crippen molar-refractivity contribution >= 4 is 17.5 Å². The van der Waals surface area contributed by atoms with E-state index in [1.165, 1.54) is 18.2 Å². The van der Waals surface area contributed by atoms with Gasteiger partial charge in [0, 0.05) is 17.8 Å². The molecule has 0 saturated heterocycles. The number of nitrogens with one attached hydrogen (secondary N) is 3. The molecule has 0 fully saturated rings. The van der Waals surface area contributed by atoms with Gasteiger partial charge in [-0.2, -0.15) is 0 Å². The lowest BCUT2D eigenvalue weighted by molar-refractivity contribution is -0.123. The molecule has 0 aromatic heterocycles. The molecule has 5 nitrogen and oxygen atoms in total. The van der Waals surface area contributed by atoms with Crippen LogP contribution in [0.25, 0.3) is 0 Å². The van der Waals surface area contributed by atoms with Gasteiger partial charge in [-0.1, -0.05) is 6.92 Å². The number of amides is 2. The normalized spacial score (nSPS) is 18.4. The van der Waals surface area contributed by atoms with Gasteiger partial charge in [-0.3, -0.25) is 14.9 Å². The standard InChI is InChI=1S/C14H18FN3O2/c1-3-6-16-13(19)8(2)17-12-10-7-9(15)4-5-11(10)18-14(12)20/h4-5,7-8,12,17H,3,6H2,1-2H3,(H,16,19)(H,18,20). The van der Waals surface area contributed by atoms with Crippen molar-refractivity contribution in [1.29, 1.82) is 0 Å². The predicted octanol–water partition coefficient (Wildman–Crippen LogP) is 1.32. The maximum absolute atomic E-state index is 13.3. The van der Waals surface area contributed by atoms with Crippen molar-refractivity contribution in [3.63, 3.8) is 0 Å². The van der Waals surface area contributed by atoms with Gasteiger partial charge in [0.15, 0.2) is 0 Å². The second-order valence-electron chi connectivity index (χ2n) is 4.83. The van der Waals surface area contributed by atoms with Crippen LogP contribution in [0.15, 0.2) is 18.2 Å². The van der Waals surface area contributed by atoms with E-state index in [4.69, 9.17) is 0 Å². The molecule has 0 spiro atoms. The number of fused-ring (bicyclic) bond motifs is 1. The van der Waals surface area contributed by atoms with Gasteiger partial charge in [0.2, 0.25) is 11.8 Å². The van der Waals surface area contributed by atoms with Gasteiger partial charge in [-0.05, 0) is 31.5 Å². The lowest BCUT2D eigenvalue weighted by Gasteiger charge is -2.18. The van der Waals surface area contributed by atoms with Crippen molar-refractivity contribution < 1.29 is 14.0 Å². The Bertz CT molecular complexity index is 533. The first-order valence-corrected chi connectivity index (χ1v) is 6.67. The van der Waals surface area contributed by atoms with Gasteiger partial charge in [0.05, 0.1) is 6.04 Å². The molecule has 1 aromatic rings. The summed E-state index contributed by atoms with van der Waals surface area (Å²) in [6, 6.07) is 2.88. The number of carbonyl (C=O) groups is 2. The number of hydrogen-bond donors (Lipinski definition) is 3. The highest BCUT2D eigenvalue weighted by molar-refractivity contribution is 6.02. The predicted molar refractivity (Wildman–Crippen MR) is 73.7 cm³/mol. The third-order valence-electron chi connectivity index (χ3n) is 3.20. The monoisotopic (exact) mass is 279 g/mol.